The van der Waals surface area contributed by atoms with Gasteiger partial charge in [0.2, 0.25) is 5.13 Å². The molecule has 0 saturated heterocycles. The van der Waals surface area contributed by atoms with Crippen molar-refractivity contribution >= 4 is 51.2 Å². The molecular formula is C16H12F3N3O2S3. The number of alkyl halides is 3. The summed E-state index contributed by atoms with van der Waals surface area (Å²) in [7, 11) is 0. The summed E-state index contributed by atoms with van der Waals surface area (Å²) >= 11 is 4.12. The van der Waals surface area contributed by atoms with Crippen LogP contribution < -0.4 is 5.32 Å². The number of aliphatic carboxylic acids is 1. The van der Waals surface area contributed by atoms with Gasteiger partial charge in [0.15, 0.2) is 5.01 Å². The van der Waals surface area contributed by atoms with Crippen molar-refractivity contribution in [1.82, 2.24) is 10.2 Å². The summed E-state index contributed by atoms with van der Waals surface area (Å²) in [6.45, 7) is 0. The topological polar surface area (TPSA) is 75.1 Å². The molecule has 0 bridgehead atoms. The van der Waals surface area contributed by atoms with Crippen LogP contribution in [0, 0.1) is 0 Å². The van der Waals surface area contributed by atoms with Crippen molar-refractivity contribution in [2.75, 3.05) is 11.1 Å². The lowest BCUT2D eigenvalue weighted by Gasteiger charge is -2.08. The van der Waals surface area contributed by atoms with E-state index in [4.69, 9.17) is 5.11 Å². The predicted octanol–water partition coefficient (Wildman–Crippen LogP) is 5.60. The third-order valence-corrected chi connectivity index (χ3v) is 6.39. The quantitative estimate of drug-likeness (QED) is 0.475. The van der Waals surface area contributed by atoms with E-state index in [9.17, 15) is 18.0 Å². The summed E-state index contributed by atoms with van der Waals surface area (Å²) in [4.78, 5) is 10.6. The van der Waals surface area contributed by atoms with E-state index in [1.165, 1.54) is 46.6 Å². The number of anilines is 2. The first-order valence-corrected chi connectivity index (χ1v) is 10.2. The predicted molar refractivity (Wildman–Crippen MR) is 101 cm³/mol. The number of benzene rings is 1. The number of carboxylic acid groups (broad SMARTS) is 1. The maximum atomic E-state index is 12.8. The van der Waals surface area contributed by atoms with Crippen molar-refractivity contribution in [1.29, 1.82) is 0 Å². The molecule has 1 aromatic carbocycles. The molecule has 2 N–H and O–H groups in total. The zero-order valence-electron chi connectivity index (χ0n) is 13.5. The van der Waals surface area contributed by atoms with Crippen LogP contribution in [0.1, 0.15) is 12.0 Å². The third kappa shape index (κ3) is 5.21. The molecule has 0 amide bonds. The second kappa shape index (κ2) is 8.28. The van der Waals surface area contributed by atoms with Crippen LogP contribution in [0.4, 0.5) is 24.0 Å². The average molecular weight is 431 g/mol. The fraction of sp³-hybridized carbons (Fsp3) is 0.188. The Morgan fingerprint density at radius 1 is 1.26 bits per heavy atom. The number of carboxylic acids is 1. The summed E-state index contributed by atoms with van der Waals surface area (Å²) in [5, 5.41) is 22.5. The molecule has 0 unspecified atom stereocenters. The average Bonchev–Trinajstić information content (AvgIpc) is 3.23. The molecule has 2 heterocycles. The lowest BCUT2D eigenvalue weighted by atomic mass is 10.2. The number of carbonyl (C=O) groups is 1. The molecule has 3 rings (SSSR count). The number of thiophene rings is 1. The van der Waals surface area contributed by atoms with Gasteiger partial charge in [0, 0.05) is 17.0 Å². The zero-order valence-corrected chi connectivity index (χ0v) is 15.9. The number of nitrogens with zero attached hydrogens (tertiary/aromatic N) is 2. The van der Waals surface area contributed by atoms with Crippen LogP contribution in [0.3, 0.4) is 0 Å². The van der Waals surface area contributed by atoms with Crippen LogP contribution in [0.25, 0.3) is 10.6 Å². The van der Waals surface area contributed by atoms with Gasteiger partial charge in [0.1, 0.15) is 0 Å². The molecule has 0 aliphatic rings. The molecule has 0 aliphatic heterocycles. The number of thioether (sulfide) groups is 1. The molecule has 3 aromatic rings. The van der Waals surface area contributed by atoms with Gasteiger partial charge in [0.25, 0.3) is 0 Å². The lowest BCUT2D eigenvalue weighted by molar-refractivity contribution is -0.138. The maximum Gasteiger partial charge on any atom is 0.416 e. The van der Waals surface area contributed by atoms with Gasteiger partial charge < -0.3 is 10.4 Å². The minimum atomic E-state index is -4.41. The number of hydrogen-bond donors (Lipinski definition) is 2. The fourth-order valence-corrected chi connectivity index (χ4v) is 5.09. The normalized spacial score (nSPS) is 11.5. The highest BCUT2D eigenvalue weighted by Crippen LogP contribution is 2.39. The Labute approximate surface area is 164 Å². The van der Waals surface area contributed by atoms with Crippen LogP contribution >= 0.6 is 34.4 Å². The molecular weight excluding hydrogens is 419 g/mol. The number of halogens is 3. The summed E-state index contributed by atoms with van der Waals surface area (Å²) in [6, 6.07) is 6.72. The molecule has 0 aliphatic carbocycles. The highest BCUT2D eigenvalue weighted by atomic mass is 32.2. The molecule has 0 radical (unpaired) electrons. The Kier molecular flexibility index (Phi) is 6.02. The second-order valence-corrected chi connectivity index (χ2v) is 8.49. The van der Waals surface area contributed by atoms with Crippen molar-refractivity contribution < 1.29 is 23.1 Å². The molecule has 0 fully saturated rings. The number of rotatable bonds is 7. The Hall–Kier alpha value is -2.11. The van der Waals surface area contributed by atoms with Gasteiger partial charge in [-0.1, -0.05) is 17.4 Å². The van der Waals surface area contributed by atoms with E-state index in [-0.39, 0.29) is 12.1 Å². The Morgan fingerprint density at radius 2 is 2.07 bits per heavy atom. The van der Waals surface area contributed by atoms with E-state index in [1.807, 2.05) is 11.4 Å². The summed E-state index contributed by atoms with van der Waals surface area (Å²) in [6.07, 6.45) is -4.36. The standard InChI is InChI=1S/C16H12F3N3O2S3/c17-16(18,19)9-2-1-3-10(8-9)20-15-22-21-13(27-15)11-4-6-25-14(11)26-7-5-12(23)24/h1-4,6,8H,5,7H2,(H,20,22)(H,23,24). The molecule has 5 nitrogen and oxygen atoms in total. The third-order valence-electron chi connectivity index (χ3n) is 3.28. The van der Waals surface area contributed by atoms with Crippen LogP contribution in [-0.2, 0) is 11.0 Å². The van der Waals surface area contributed by atoms with E-state index < -0.39 is 17.7 Å². The number of aromatic nitrogens is 2. The van der Waals surface area contributed by atoms with E-state index in [0.717, 1.165) is 21.9 Å². The van der Waals surface area contributed by atoms with Gasteiger partial charge in [-0.25, -0.2) is 0 Å². The van der Waals surface area contributed by atoms with Crippen molar-refractivity contribution in [3.05, 3.63) is 41.3 Å². The number of hydrogen-bond acceptors (Lipinski definition) is 7. The van der Waals surface area contributed by atoms with Gasteiger partial charge in [-0.2, -0.15) is 13.2 Å². The zero-order chi connectivity index (χ0) is 19.4. The molecule has 27 heavy (non-hydrogen) atoms. The summed E-state index contributed by atoms with van der Waals surface area (Å²) in [5.74, 6) is -0.416. The lowest BCUT2D eigenvalue weighted by Crippen LogP contribution is -2.05. The molecule has 0 spiro atoms. The number of nitrogens with one attached hydrogen (secondary N) is 1. The first kappa shape index (κ1) is 19.6. The highest BCUT2D eigenvalue weighted by molar-refractivity contribution is 8.01. The molecule has 11 heteroatoms. The fourth-order valence-electron chi connectivity index (χ4n) is 2.08. The first-order valence-electron chi connectivity index (χ1n) is 7.53. The van der Waals surface area contributed by atoms with Crippen LogP contribution in [0.15, 0.2) is 39.9 Å². The Balaban J connectivity index is 1.73. The molecule has 0 atom stereocenters. The van der Waals surface area contributed by atoms with E-state index >= 15 is 0 Å². The van der Waals surface area contributed by atoms with Crippen molar-refractivity contribution in [3.63, 3.8) is 0 Å². The van der Waals surface area contributed by atoms with Gasteiger partial charge >= 0.3 is 12.1 Å². The van der Waals surface area contributed by atoms with Crippen LogP contribution in [0.5, 0.6) is 0 Å². The summed E-state index contributed by atoms with van der Waals surface area (Å²) < 4.78 is 39.3. The monoisotopic (exact) mass is 431 g/mol. The van der Waals surface area contributed by atoms with Crippen LogP contribution in [0.2, 0.25) is 0 Å². The molecule has 0 saturated carbocycles. The van der Waals surface area contributed by atoms with E-state index in [2.05, 4.69) is 15.5 Å². The largest absolute Gasteiger partial charge is 0.481 e. The molecule has 142 valence electrons. The van der Waals surface area contributed by atoms with E-state index in [1.54, 1.807) is 0 Å². The van der Waals surface area contributed by atoms with Gasteiger partial charge in [-0.15, -0.1) is 33.3 Å². The SMILES string of the molecule is O=C(O)CCSc1sccc1-c1nnc(Nc2cccc(C(F)(F)F)c2)s1. The smallest absolute Gasteiger partial charge is 0.416 e. The Morgan fingerprint density at radius 3 is 2.81 bits per heavy atom. The van der Waals surface area contributed by atoms with Crippen molar-refractivity contribution in [2.24, 2.45) is 0 Å². The maximum absolute atomic E-state index is 12.8. The summed E-state index contributed by atoms with van der Waals surface area (Å²) in [5.41, 5.74) is 0.367. The van der Waals surface area contributed by atoms with Gasteiger partial charge in [-0.3, -0.25) is 4.79 Å². The van der Waals surface area contributed by atoms with Crippen LogP contribution in [-0.4, -0.2) is 27.0 Å². The molecule has 2 aromatic heterocycles. The first-order chi connectivity index (χ1) is 12.8. The van der Waals surface area contributed by atoms with Gasteiger partial charge in [-0.05, 0) is 29.6 Å². The minimum Gasteiger partial charge on any atom is -0.481 e. The Bertz CT molecular complexity index is 940. The van der Waals surface area contributed by atoms with Crippen molar-refractivity contribution in [3.8, 4) is 10.6 Å². The van der Waals surface area contributed by atoms with E-state index in [0.29, 0.717) is 15.9 Å². The van der Waals surface area contributed by atoms with Gasteiger partial charge in [0.05, 0.1) is 16.2 Å². The highest BCUT2D eigenvalue weighted by Gasteiger charge is 2.30. The minimum absolute atomic E-state index is 0.0560. The van der Waals surface area contributed by atoms with Crippen molar-refractivity contribution in [2.45, 2.75) is 16.8 Å². The second-order valence-electron chi connectivity index (χ2n) is 5.23.